The van der Waals surface area contributed by atoms with Crippen molar-refractivity contribution in [1.29, 1.82) is 0 Å². The highest BCUT2D eigenvalue weighted by Gasteiger charge is 2.20. The van der Waals surface area contributed by atoms with E-state index in [1.165, 1.54) is 5.75 Å². The van der Waals surface area contributed by atoms with Crippen LogP contribution in [0.4, 0.5) is 0 Å². The molecule has 2 nitrogen and oxygen atoms in total. The van der Waals surface area contributed by atoms with Crippen molar-refractivity contribution >= 4 is 17.5 Å². The number of ketones is 1. The number of hydrogen-bond acceptors (Lipinski definition) is 3. The van der Waals surface area contributed by atoms with Gasteiger partial charge in [-0.15, -0.1) is 0 Å². The second-order valence-electron chi connectivity index (χ2n) is 3.91. The number of Topliss-reactive ketones (excluding diaryl/α,β-unsaturated/α-hetero) is 1. The highest BCUT2D eigenvalue weighted by molar-refractivity contribution is 7.99. The van der Waals surface area contributed by atoms with Gasteiger partial charge in [0, 0.05) is 36.4 Å². The van der Waals surface area contributed by atoms with Crippen LogP contribution in [-0.2, 0) is 4.79 Å². The van der Waals surface area contributed by atoms with Gasteiger partial charge < -0.3 is 5.32 Å². The summed E-state index contributed by atoms with van der Waals surface area (Å²) in [5.41, 5.74) is 0. The van der Waals surface area contributed by atoms with E-state index in [2.05, 4.69) is 19.2 Å². The van der Waals surface area contributed by atoms with Gasteiger partial charge in [0.2, 0.25) is 0 Å². The molecule has 0 radical (unpaired) electrons. The number of rotatable bonds is 5. The molecule has 0 amide bonds. The van der Waals surface area contributed by atoms with E-state index in [4.69, 9.17) is 0 Å². The standard InChI is InChI=1S/C11H21NOS/c1-3-9(4-2)11(13)7-10-8-14-6-5-12-10/h9-10,12H,3-8H2,1-2H3. The van der Waals surface area contributed by atoms with Crippen molar-refractivity contribution in [3.8, 4) is 0 Å². The van der Waals surface area contributed by atoms with Crippen molar-refractivity contribution < 1.29 is 4.79 Å². The Kier molecular flexibility index (Phi) is 5.56. The summed E-state index contributed by atoms with van der Waals surface area (Å²) in [6.45, 7) is 5.27. The Morgan fingerprint density at radius 2 is 2.21 bits per heavy atom. The molecule has 1 fully saturated rings. The van der Waals surface area contributed by atoms with Crippen LogP contribution in [0.2, 0.25) is 0 Å². The minimum Gasteiger partial charge on any atom is -0.312 e. The van der Waals surface area contributed by atoms with Crippen LogP contribution in [0.1, 0.15) is 33.1 Å². The number of carbonyl (C=O) groups is 1. The summed E-state index contributed by atoms with van der Waals surface area (Å²) < 4.78 is 0. The maximum atomic E-state index is 11.8. The van der Waals surface area contributed by atoms with Gasteiger partial charge in [-0.3, -0.25) is 4.79 Å². The largest absolute Gasteiger partial charge is 0.312 e. The smallest absolute Gasteiger partial charge is 0.137 e. The van der Waals surface area contributed by atoms with E-state index < -0.39 is 0 Å². The molecule has 0 saturated carbocycles. The maximum Gasteiger partial charge on any atom is 0.137 e. The molecule has 1 unspecified atom stereocenters. The molecule has 0 aliphatic carbocycles. The van der Waals surface area contributed by atoms with Crippen LogP contribution in [-0.4, -0.2) is 29.9 Å². The van der Waals surface area contributed by atoms with Crippen molar-refractivity contribution in [3.05, 3.63) is 0 Å². The van der Waals surface area contributed by atoms with Crippen molar-refractivity contribution in [1.82, 2.24) is 5.32 Å². The van der Waals surface area contributed by atoms with E-state index in [1.54, 1.807) is 0 Å². The molecule has 3 heteroatoms. The summed E-state index contributed by atoms with van der Waals surface area (Å²) in [7, 11) is 0. The summed E-state index contributed by atoms with van der Waals surface area (Å²) in [5.74, 6) is 3.04. The Hall–Kier alpha value is -0.0200. The summed E-state index contributed by atoms with van der Waals surface area (Å²) in [4.78, 5) is 11.8. The molecule has 1 aliphatic heterocycles. The third-order valence-corrected chi connectivity index (χ3v) is 4.02. The topological polar surface area (TPSA) is 29.1 Å². The first-order chi connectivity index (χ1) is 6.77. The lowest BCUT2D eigenvalue weighted by molar-refractivity contribution is -0.123. The van der Waals surface area contributed by atoms with Gasteiger partial charge >= 0.3 is 0 Å². The van der Waals surface area contributed by atoms with Crippen LogP contribution in [0.25, 0.3) is 0 Å². The van der Waals surface area contributed by atoms with Gasteiger partial charge in [0.05, 0.1) is 0 Å². The summed E-state index contributed by atoms with van der Waals surface area (Å²) in [5, 5.41) is 3.41. The quantitative estimate of drug-likeness (QED) is 0.761. The Morgan fingerprint density at radius 3 is 2.71 bits per heavy atom. The number of thioether (sulfide) groups is 1. The predicted molar refractivity (Wildman–Crippen MR) is 62.8 cm³/mol. The molecular weight excluding hydrogens is 194 g/mol. The fourth-order valence-electron chi connectivity index (χ4n) is 1.90. The number of carbonyl (C=O) groups excluding carboxylic acids is 1. The van der Waals surface area contributed by atoms with E-state index in [9.17, 15) is 4.79 Å². The molecule has 0 bridgehead atoms. The lowest BCUT2D eigenvalue weighted by Gasteiger charge is -2.24. The lowest BCUT2D eigenvalue weighted by atomic mass is 9.94. The zero-order valence-electron chi connectivity index (χ0n) is 9.21. The molecule has 0 aromatic carbocycles. The average Bonchev–Trinajstić information content (AvgIpc) is 2.21. The molecule has 1 atom stereocenters. The fraction of sp³-hybridized carbons (Fsp3) is 0.909. The van der Waals surface area contributed by atoms with E-state index in [0.29, 0.717) is 17.7 Å². The molecule has 1 N–H and O–H groups in total. The van der Waals surface area contributed by atoms with Crippen molar-refractivity contribution in [2.75, 3.05) is 18.1 Å². The van der Waals surface area contributed by atoms with Gasteiger partial charge in [-0.2, -0.15) is 11.8 Å². The molecular formula is C11H21NOS. The molecule has 1 rings (SSSR count). The molecule has 1 heterocycles. The first-order valence-corrected chi connectivity index (χ1v) is 6.77. The minimum atomic E-state index is 0.295. The molecule has 82 valence electrons. The minimum absolute atomic E-state index is 0.295. The van der Waals surface area contributed by atoms with Gasteiger partial charge in [0.25, 0.3) is 0 Å². The Morgan fingerprint density at radius 1 is 1.50 bits per heavy atom. The van der Waals surface area contributed by atoms with Gasteiger partial charge in [0.15, 0.2) is 0 Å². The molecule has 0 spiro atoms. The summed E-state index contributed by atoms with van der Waals surface area (Å²) in [6.07, 6.45) is 2.73. The van der Waals surface area contributed by atoms with E-state index in [1.807, 2.05) is 11.8 Å². The van der Waals surface area contributed by atoms with Crippen LogP contribution in [0.3, 0.4) is 0 Å². The molecule has 1 aliphatic rings. The normalized spacial score (nSPS) is 22.6. The zero-order chi connectivity index (χ0) is 10.4. The number of nitrogens with one attached hydrogen (secondary N) is 1. The first-order valence-electron chi connectivity index (χ1n) is 5.61. The predicted octanol–water partition coefficient (Wildman–Crippen LogP) is 2.09. The van der Waals surface area contributed by atoms with Gasteiger partial charge in [-0.1, -0.05) is 13.8 Å². The second kappa shape index (κ2) is 6.46. The third kappa shape index (κ3) is 3.62. The zero-order valence-corrected chi connectivity index (χ0v) is 10.0. The van der Waals surface area contributed by atoms with Gasteiger partial charge in [-0.25, -0.2) is 0 Å². The molecule has 0 aromatic rings. The monoisotopic (exact) mass is 215 g/mol. The van der Waals surface area contributed by atoms with Gasteiger partial charge in [0.1, 0.15) is 5.78 Å². The van der Waals surface area contributed by atoms with E-state index >= 15 is 0 Å². The van der Waals surface area contributed by atoms with Crippen molar-refractivity contribution in [2.45, 2.75) is 39.2 Å². The van der Waals surface area contributed by atoms with Crippen molar-refractivity contribution in [2.24, 2.45) is 5.92 Å². The Bertz CT molecular complexity index is 174. The molecule has 0 aromatic heterocycles. The van der Waals surface area contributed by atoms with Gasteiger partial charge in [-0.05, 0) is 12.8 Å². The maximum absolute atomic E-state index is 11.8. The van der Waals surface area contributed by atoms with E-state index in [0.717, 1.165) is 31.6 Å². The third-order valence-electron chi connectivity index (χ3n) is 2.89. The van der Waals surface area contributed by atoms with E-state index in [-0.39, 0.29) is 0 Å². The highest BCUT2D eigenvalue weighted by atomic mass is 32.2. The number of hydrogen-bond donors (Lipinski definition) is 1. The summed E-state index contributed by atoms with van der Waals surface area (Å²) in [6, 6.07) is 0.432. The summed E-state index contributed by atoms with van der Waals surface area (Å²) >= 11 is 1.96. The molecule has 14 heavy (non-hydrogen) atoms. The SMILES string of the molecule is CCC(CC)C(=O)CC1CSCCN1. The Balaban J connectivity index is 2.30. The Labute approximate surface area is 91.2 Å². The second-order valence-corrected chi connectivity index (χ2v) is 5.06. The fourth-order valence-corrected chi connectivity index (χ4v) is 2.85. The van der Waals surface area contributed by atoms with Crippen LogP contribution in [0.5, 0.6) is 0 Å². The molecule has 1 saturated heterocycles. The highest BCUT2D eigenvalue weighted by Crippen LogP contribution is 2.16. The van der Waals surface area contributed by atoms with Crippen molar-refractivity contribution in [3.63, 3.8) is 0 Å². The van der Waals surface area contributed by atoms with Crippen LogP contribution >= 0.6 is 11.8 Å². The first kappa shape index (κ1) is 12.1. The van der Waals surface area contributed by atoms with Crippen LogP contribution in [0.15, 0.2) is 0 Å². The van der Waals surface area contributed by atoms with Crippen LogP contribution < -0.4 is 5.32 Å². The average molecular weight is 215 g/mol. The van der Waals surface area contributed by atoms with Crippen LogP contribution in [0, 0.1) is 5.92 Å². The lowest BCUT2D eigenvalue weighted by Crippen LogP contribution is -2.39.